The summed E-state index contributed by atoms with van der Waals surface area (Å²) >= 11 is 0. The number of nitrogens with one attached hydrogen (secondary N) is 1. The van der Waals surface area contributed by atoms with Crippen LogP contribution in [0.3, 0.4) is 0 Å². The van der Waals surface area contributed by atoms with Gasteiger partial charge in [-0.15, -0.1) is 0 Å². The average molecular weight is 375 g/mol. The third-order valence-electron chi connectivity index (χ3n) is 4.14. The number of hydrogen-bond acceptors (Lipinski definition) is 3. The molecule has 0 atom stereocenters. The number of amides is 1. The minimum atomic E-state index is -3.46. The second-order valence-corrected chi connectivity index (χ2v) is 8.37. The number of benzene rings is 2. The van der Waals surface area contributed by atoms with Crippen molar-refractivity contribution in [2.75, 3.05) is 23.7 Å². The lowest BCUT2D eigenvalue weighted by Gasteiger charge is -2.24. The van der Waals surface area contributed by atoms with Crippen LogP contribution in [0.1, 0.15) is 23.1 Å². The van der Waals surface area contributed by atoms with Crippen LogP contribution in [0.25, 0.3) is 0 Å². The van der Waals surface area contributed by atoms with Gasteiger partial charge in [0.25, 0.3) is 0 Å². The zero-order chi connectivity index (χ0) is 19.2. The molecule has 0 aliphatic carbocycles. The molecule has 0 fully saturated rings. The molecule has 6 heteroatoms. The van der Waals surface area contributed by atoms with Gasteiger partial charge in [-0.3, -0.25) is 9.10 Å². The Hall–Kier alpha value is -2.34. The van der Waals surface area contributed by atoms with Gasteiger partial charge in [-0.2, -0.15) is 0 Å². The molecule has 140 valence electrons. The van der Waals surface area contributed by atoms with Gasteiger partial charge in [-0.1, -0.05) is 48.0 Å². The summed E-state index contributed by atoms with van der Waals surface area (Å²) in [6.07, 6.45) is 2.04. The fraction of sp³-hybridized carbons (Fsp3) is 0.350. The molecule has 1 N–H and O–H groups in total. The quantitative estimate of drug-likeness (QED) is 0.773. The molecule has 1 amide bonds. The molecule has 0 bridgehead atoms. The molecule has 2 rings (SSSR count). The van der Waals surface area contributed by atoms with Crippen molar-refractivity contribution in [1.29, 1.82) is 0 Å². The Morgan fingerprint density at radius 1 is 1.08 bits per heavy atom. The monoisotopic (exact) mass is 374 g/mol. The number of aryl methyl sites for hydroxylation is 2. The average Bonchev–Trinajstić information content (AvgIpc) is 2.56. The van der Waals surface area contributed by atoms with Crippen LogP contribution in [0.4, 0.5) is 5.69 Å². The molecule has 0 radical (unpaired) electrons. The van der Waals surface area contributed by atoms with E-state index < -0.39 is 10.0 Å². The number of carbonyl (C=O) groups excluding carboxylic acids is 1. The van der Waals surface area contributed by atoms with Crippen LogP contribution in [-0.2, 0) is 21.2 Å². The van der Waals surface area contributed by atoms with E-state index in [1.165, 1.54) is 10.6 Å². The lowest BCUT2D eigenvalue weighted by atomic mass is 10.1. The molecule has 0 unspecified atom stereocenters. The Kier molecular flexibility index (Phi) is 6.80. The fourth-order valence-corrected chi connectivity index (χ4v) is 3.82. The zero-order valence-corrected chi connectivity index (χ0v) is 16.3. The number of rotatable bonds is 8. The maximum Gasteiger partial charge on any atom is 0.232 e. The smallest absolute Gasteiger partial charge is 0.232 e. The van der Waals surface area contributed by atoms with E-state index in [0.717, 1.165) is 23.1 Å². The van der Waals surface area contributed by atoms with E-state index in [1.807, 2.05) is 56.3 Å². The Morgan fingerprint density at radius 3 is 2.38 bits per heavy atom. The van der Waals surface area contributed by atoms with Gasteiger partial charge in [0.1, 0.15) is 0 Å². The van der Waals surface area contributed by atoms with Crippen LogP contribution in [-0.4, -0.2) is 33.7 Å². The van der Waals surface area contributed by atoms with Gasteiger partial charge in [0.05, 0.1) is 11.9 Å². The maximum atomic E-state index is 12.2. The highest BCUT2D eigenvalue weighted by molar-refractivity contribution is 7.92. The van der Waals surface area contributed by atoms with E-state index in [2.05, 4.69) is 5.32 Å². The minimum Gasteiger partial charge on any atom is -0.356 e. The van der Waals surface area contributed by atoms with Crippen molar-refractivity contribution in [1.82, 2.24) is 5.32 Å². The number of anilines is 1. The van der Waals surface area contributed by atoms with Crippen LogP contribution >= 0.6 is 0 Å². The predicted molar refractivity (Wildman–Crippen MR) is 106 cm³/mol. The van der Waals surface area contributed by atoms with Crippen molar-refractivity contribution in [2.45, 2.75) is 26.7 Å². The molecule has 0 saturated carbocycles. The minimum absolute atomic E-state index is 0.120. The van der Waals surface area contributed by atoms with Gasteiger partial charge in [0, 0.05) is 19.5 Å². The zero-order valence-electron chi connectivity index (χ0n) is 15.5. The normalized spacial score (nSPS) is 11.2. The summed E-state index contributed by atoms with van der Waals surface area (Å²) in [5, 5.41) is 2.85. The van der Waals surface area contributed by atoms with E-state index in [9.17, 15) is 13.2 Å². The third-order valence-corrected chi connectivity index (χ3v) is 5.32. The van der Waals surface area contributed by atoms with Crippen LogP contribution < -0.4 is 9.62 Å². The Morgan fingerprint density at radius 2 is 1.77 bits per heavy atom. The van der Waals surface area contributed by atoms with Gasteiger partial charge in [0.15, 0.2) is 0 Å². The van der Waals surface area contributed by atoms with Gasteiger partial charge in [-0.05, 0) is 37.5 Å². The van der Waals surface area contributed by atoms with Crippen LogP contribution in [0.5, 0.6) is 0 Å². The highest BCUT2D eigenvalue weighted by atomic mass is 32.2. The topological polar surface area (TPSA) is 66.5 Å². The second-order valence-electron chi connectivity index (χ2n) is 6.46. The number of hydrogen-bond donors (Lipinski definition) is 1. The molecule has 2 aromatic carbocycles. The Labute approximate surface area is 156 Å². The van der Waals surface area contributed by atoms with Gasteiger partial charge >= 0.3 is 0 Å². The molecule has 0 aliphatic heterocycles. The molecular formula is C20H26N2O3S. The maximum absolute atomic E-state index is 12.2. The SMILES string of the molecule is Cc1ccc(N(CCC(=O)NCCc2ccccc2)S(C)(=O)=O)c(C)c1. The Bertz CT molecular complexity index is 849. The van der Waals surface area contributed by atoms with Crippen molar-refractivity contribution in [3.05, 3.63) is 65.2 Å². The molecule has 0 spiro atoms. The molecule has 26 heavy (non-hydrogen) atoms. The first-order valence-corrected chi connectivity index (χ1v) is 10.5. The molecule has 0 saturated heterocycles. The highest BCUT2D eigenvalue weighted by Gasteiger charge is 2.20. The van der Waals surface area contributed by atoms with E-state index in [0.29, 0.717) is 12.2 Å². The van der Waals surface area contributed by atoms with Gasteiger partial charge < -0.3 is 5.32 Å². The van der Waals surface area contributed by atoms with Crippen molar-refractivity contribution in [3.63, 3.8) is 0 Å². The van der Waals surface area contributed by atoms with Crippen molar-refractivity contribution in [3.8, 4) is 0 Å². The first kappa shape index (κ1) is 20.0. The summed E-state index contributed by atoms with van der Waals surface area (Å²) in [6.45, 7) is 4.49. The largest absolute Gasteiger partial charge is 0.356 e. The van der Waals surface area contributed by atoms with Gasteiger partial charge in [-0.25, -0.2) is 8.42 Å². The molecule has 0 heterocycles. The lowest BCUT2D eigenvalue weighted by molar-refractivity contribution is -0.120. The first-order chi connectivity index (χ1) is 12.3. The third kappa shape index (κ3) is 5.88. The van der Waals surface area contributed by atoms with E-state index in [-0.39, 0.29) is 18.9 Å². The molecule has 5 nitrogen and oxygen atoms in total. The van der Waals surface area contributed by atoms with Crippen LogP contribution in [0.2, 0.25) is 0 Å². The summed E-state index contributed by atoms with van der Waals surface area (Å²) < 4.78 is 25.7. The summed E-state index contributed by atoms with van der Waals surface area (Å²) in [7, 11) is -3.46. The molecule has 0 aromatic heterocycles. The predicted octanol–water partition coefficient (Wildman–Crippen LogP) is 2.82. The molecule has 2 aromatic rings. The van der Waals surface area contributed by atoms with E-state index in [4.69, 9.17) is 0 Å². The number of nitrogens with zero attached hydrogens (tertiary/aromatic N) is 1. The summed E-state index contributed by atoms with van der Waals surface area (Å²) in [6, 6.07) is 15.5. The standard InChI is InChI=1S/C20H26N2O3S/c1-16-9-10-19(17(2)15-16)22(26(3,24)25)14-12-20(23)21-13-11-18-7-5-4-6-8-18/h4-10,15H,11-14H2,1-3H3,(H,21,23). The lowest BCUT2D eigenvalue weighted by Crippen LogP contribution is -2.35. The number of carbonyl (C=O) groups is 1. The first-order valence-electron chi connectivity index (χ1n) is 8.63. The van der Waals surface area contributed by atoms with Crippen LogP contribution in [0.15, 0.2) is 48.5 Å². The van der Waals surface area contributed by atoms with E-state index >= 15 is 0 Å². The summed E-state index contributed by atoms with van der Waals surface area (Å²) in [5.41, 5.74) is 3.72. The fourth-order valence-electron chi connectivity index (χ4n) is 2.83. The highest BCUT2D eigenvalue weighted by Crippen LogP contribution is 2.23. The van der Waals surface area contributed by atoms with E-state index in [1.54, 1.807) is 6.07 Å². The number of sulfonamides is 1. The van der Waals surface area contributed by atoms with Crippen molar-refractivity contribution in [2.24, 2.45) is 0 Å². The molecule has 0 aliphatic rings. The van der Waals surface area contributed by atoms with Gasteiger partial charge in [0.2, 0.25) is 15.9 Å². The summed E-state index contributed by atoms with van der Waals surface area (Å²) in [4.78, 5) is 12.1. The Balaban J connectivity index is 1.94. The second kappa shape index (κ2) is 8.85. The summed E-state index contributed by atoms with van der Waals surface area (Å²) in [5.74, 6) is -0.153. The molecular weight excluding hydrogens is 348 g/mol. The van der Waals surface area contributed by atoms with Crippen molar-refractivity contribution >= 4 is 21.6 Å². The van der Waals surface area contributed by atoms with Crippen molar-refractivity contribution < 1.29 is 13.2 Å². The van der Waals surface area contributed by atoms with Crippen LogP contribution in [0, 0.1) is 13.8 Å².